The van der Waals surface area contributed by atoms with Crippen molar-refractivity contribution in [2.45, 2.75) is 19.4 Å². The summed E-state index contributed by atoms with van der Waals surface area (Å²) >= 11 is 3.18. The van der Waals surface area contributed by atoms with Gasteiger partial charge in [0.05, 0.1) is 11.0 Å². The van der Waals surface area contributed by atoms with Gasteiger partial charge in [0.15, 0.2) is 0 Å². The molecule has 98 valence electrons. The molecule has 1 aromatic heterocycles. The molecule has 2 atom stereocenters. The van der Waals surface area contributed by atoms with E-state index in [0.717, 1.165) is 0 Å². The summed E-state index contributed by atoms with van der Waals surface area (Å²) in [5.74, 6) is 0.464. The minimum atomic E-state index is -0.428. The number of halogens is 1. The third-order valence-corrected chi connectivity index (χ3v) is 3.60. The second-order valence-corrected chi connectivity index (χ2v) is 5.45. The van der Waals surface area contributed by atoms with Crippen LogP contribution >= 0.6 is 15.9 Å². The lowest BCUT2D eigenvalue weighted by atomic mass is 9.97. The molecule has 0 saturated carbocycles. The summed E-state index contributed by atoms with van der Waals surface area (Å²) < 4.78 is 0.586. The van der Waals surface area contributed by atoms with E-state index in [-0.39, 0.29) is 17.7 Å². The molecule has 1 aliphatic heterocycles. The van der Waals surface area contributed by atoms with Crippen molar-refractivity contribution < 1.29 is 10.0 Å². The molecule has 2 unspecified atom stereocenters. The van der Waals surface area contributed by atoms with Crippen molar-refractivity contribution in [2.75, 3.05) is 18.0 Å². The van der Waals surface area contributed by atoms with E-state index >= 15 is 0 Å². The maximum absolute atomic E-state index is 11.0. The van der Waals surface area contributed by atoms with Crippen LogP contribution < -0.4 is 4.90 Å². The van der Waals surface area contributed by atoms with Crippen LogP contribution in [0.5, 0.6) is 0 Å². The summed E-state index contributed by atoms with van der Waals surface area (Å²) in [6.07, 6.45) is 1.82. The first-order chi connectivity index (χ1) is 8.49. The van der Waals surface area contributed by atoms with E-state index < -0.39 is 4.92 Å². The fourth-order valence-corrected chi connectivity index (χ4v) is 2.44. The monoisotopic (exact) mass is 315 g/mol. The molecule has 0 amide bonds. The summed E-state index contributed by atoms with van der Waals surface area (Å²) in [5, 5.41) is 20.7. The Morgan fingerprint density at radius 1 is 1.67 bits per heavy atom. The van der Waals surface area contributed by atoms with Crippen molar-refractivity contribution in [3.05, 3.63) is 26.9 Å². The second kappa shape index (κ2) is 5.19. The Morgan fingerprint density at radius 3 is 3.00 bits per heavy atom. The van der Waals surface area contributed by atoms with Gasteiger partial charge in [0.2, 0.25) is 5.82 Å². The van der Waals surface area contributed by atoms with Crippen LogP contribution in [0.15, 0.2) is 16.7 Å². The molecule has 0 aromatic carbocycles. The van der Waals surface area contributed by atoms with E-state index in [1.807, 2.05) is 11.8 Å². The van der Waals surface area contributed by atoms with Crippen molar-refractivity contribution in [3.8, 4) is 0 Å². The lowest BCUT2D eigenvalue weighted by Crippen LogP contribution is -2.42. The van der Waals surface area contributed by atoms with E-state index in [0.29, 0.717) is 29.8 Å². The van der Waals surface area contributed by atoms with E-state index in [1.54, 1.807) is 6.20 Å². The molecule has 0 spiro atoms. The Bertz CT molecular complexity index is 469. The van der Waals surface area contributed by atoms with Crippen molar-refractivity contribution in [1.29, 1.82) is 0 Å². The molecule has 1 aromatic rings. The van der Waals surface area contributed by atoms with Crippen LogP contribution in [0, 0.1) is 16.0 Å². The Hall–Kier alpha value is -1.21. The summed E-state index contributed by atoms with van der Waals surface area (Å²) in [4.78, 5) is 16.6. The standard InChI is InChI=1S/C11H14BrN3O3/c1-7-6-14(3-2-10(7)16)11-9(15(17)18)4-8(12)5-13-11/h4-5,7,10,16H,2-3,6H2,1H3. The lowest BCUT2D eigenvalue weighted by molar-refractivity contribution is -0.384. The van der Waals surface area contributed by atoms with Gasteiger partial charge in [-0.3, -0.25) is 10.1 Å². The molecule has 0 bridgehead atoms. The van der Waals surface area contributed by atoms with Crippen LogP contribution in [0.25, 0.3) is 0 Å². The average molecular weight is 316 g/mol. The van der Waals surface area contributed by atoms with Gasteiger partial charge in [0.25, 0.3) is 0 Å². The molecule has 1 fully saturated rings. The summed E-state index contributed by atoms with van der Waals surface area (Å²) in [6.45, 7) is 3.10. The number of aromatic nitrogens is 1. The van der Waals surface area contributed by atoms with Crippen molar-refractivity contribution in [1.82, 2.24) is 4.98 Å². The Balaban J connectivity index is 2.30. The number of anilines is 1. The minimum absolute atomic E-state index is 0.00651. The first-order valence-corrected chi connectivity index (χ1v) is 6.51. The molecule has 18 heavy (non-hydrogen) atoms. The van der Waals surface area contributed by atoms with Gasteiger partial charge in [-0.1, -0.05) is 6.92 Å². The third kappa shape index (κ3) is 2.62. The quantitative estimate of drug-likeness (QED) is 0.666. The van der Waals surface area contributed by atoms with E-state index in [2.05, 4.69) is 20.9 Å². The highest BCUT2D eigenvalue weighted by molar-refractivity contribution is 9.10. The number of pyridine rings is 1. The fraction of sp³-hybridized carbons (Fsp3) is 0.545. The number of rotatable bonds is 2. The van der Waals surface area contributed by atoms with Crippen LogP contribution in [-0.2, 0) is 0 Å². The first kappa shape index (κ1) is 13.2. The molecule has 2 rings (SSSR count). The summed E-state index contributed by atoms with van der Waals surface area (Å²) in [7, 11) is 0. The second-order valence-electron chi connectivity index (χ2n) is 4.53. The summed E-state index contributed by atoms with van der Waals surface area (Å²) in [5.41, 5.74) is -0.00651. The van der Waals surface area contributed by atoms with Crippen LogP contribution in [0.1, 0.15) is 13.3 Å². The van der Waals surface area contributed by atoms with Crippen LogP contribution in [0.4, 0.5) is 11.5 Å². The lowest BCUT2D eigenvalue weighted by Gasteiger charge is -2.34. The fourth-order valence-electron chi connectivity index (χ4n) is 2.12. The normalized spacial score (nSPS) is 24.1. The van der Waals surface area contributed by atoms with Gasteiger partial charge in [0.1, 0.15) is 0 Å². The van der Waals surface area contributed by atoms with E-state index in [9.17, 15) is 15.2 Å². The molecule has 0 aliphatic carbocycles. The smallest absolute Gasteiger partial charge is 0.312 e. The minimum Gasteiger partial charge on any atom is -0.393 e. The average Bonchev–Trinajstić information content (AvgIpc) is 2.32. The van der Waals surface area contributed by atoms with Gasteiger partial charge in [-0.25, -0.2) is 4.98 Å². The van der Waals surface area contributed by atoms with Crippen LogP contribution in [-0.4, -0.2) is 34.2 Å². The molecule has 1 N–H and O–H groups in total. The number of aliphatic hydroxyl groups is 1. The molecular weight excluding hydrogens is 302 g/mol. The molecule has 1 saturated heterocycles. The van der Waals surface area contributed by atoms with E-state index in [1.165, 1.54) is 6.07 Å². The van der Waals surface area contributed by atoms with Gasteiger partial charge in [-0.15, -0.1) is 0 Å². The first-order valence-electron chi connectivity index (χ1n) is 5.72. The van der Waals surface area contributed by atoms with E-state index in [4.69, 9.17) is 0 Å². The van der Waals surface area contributed by atoms with Gasteiger partial charge in [0, 0.05) is 29.8 Å². The topological polar surface area (TPSA) is 79.5 Å². The Morgan fingerprint density at radius 2 is 2.39 bits per heavy atom. The van der Waals surface area contributed by atoms with Crippen molar-refractivity contribution in [3.63, 3.8) is 0 Å². The SMILES string of the molecule is CC1CN(c2ncc(Br)cc2[N+](=O)[O-])CCC1O. The number of hydrogen-bond acceptors (Lipinski definition) is 5. The maximum Gasteiger partial charge on any atom is 0.312 e. The van der Waals surface area contributed by atoms with Crippen molar-refractivity contribution >= 4 is 27.4 Å². The zero-order chi connectivity index (χ0) is 13.3. The Labute approximate surface area is 113 Å². The van der Waals surface area contributed by atoms with Crippen molar-refractivity contribution in [2.24, 2.45) is 5.92 Å². The Kier molecular flexibility index (Phi) is 3.82. The van der Waals surface area contributed by atoms with Crippen LogP contribution in [0.2, 0.25) is 0 Å². The molecule has 6 nitrogen and oxygen atoms in total. The number of piperidine rings is 1. The maximum atomic E-state index is 11.0. The van der Waals surface area contributed by atoms with Gasteiger partial charge >= 0.3 is 5.69 Å². The van der Waals surface area contributed by atoms with Crippen LogP contribution in [0.3, 0.4) is 0 Å². The largest absolute Gasteiger partial charge is 0.393 e. The highest BCUT2D eigenvalue weighted by Gasteiger charge is 2.29. The summed E-state index contributed by atoms with van der Waals surface area (Å²) in [6, 6.07) is 1.46. The number of nitrogens with zero attached hydrogens (tertiary/aromatic N) is 3. The molecule has 2 heterocycles. The zero-order valence-electron chi connectivity index (χ0n) is 9.91. The number of nitro groups is 1. The zero-order valence-corrected chi connectivity index (χ0v) is 11.5. The predicted octanol–water partition coefficient (Wildman–Crippen LogP) is 1.96. The number of hydrogen-bond donors (Lipinski definition) is 1. The molecule has 7 heteroatoms. The highest BCUT2D eigenvalue weighted by Crippen LogP contribution is 2.31. The number of aliphatic hydroxyl groups excluding tert-OH is 1. The van der Waals surface area contributed by atoms with Gasteiger partial charge < -0.3 is 10.0 Å². The third-order valence-electron chi connectivity index (χ3n) is 3.17. The molecule has 1 aliphatic rings. The predicted molar refractivity (Wildman–Crippen MR) is 70.6 cm³/mol. The van der Waals surface area contributed by atoms with Gasteiger partial charge in [-0.2, -0.15) is 0 Å². The molecule has 0 radical (unpaired) electrons. The molecular formula is C11H14BrN3O3. The highest BCUT2D eigenvalue weighted by atomic mass is 79.9. The van der Waals surface area contributed by atoms with Gasteiger partial charge in [-0.05, 0) is 28.3 Å².